The lowest BCUT2D eigenvalue weighted by atomic mass is 10.0. The molecule has 1 aliphatic heterocycles. The maximum atomic E-state index is 12.6. The number of aromatic nitrogens is 2. The summed E-state index contributed by atoms with van der Waals surface area (Å²) in [5.74, 6) is -0.219. The molecule has 2 aromatic heterocycles. The van der Waals surface area contributed by atoms with Gasteiger partial charge < -0.3 is 18.9 Å². The van der Waals surface area contributed by atoms with Gasteiger partial charge in [-0.05, 0) is 19.1 Å². The molecule has 0 saturated carbocycles. The summed E-state index contributed by atoms with van der Waals surface area (Å²) >= 11 is 0. The van der Waals surface area contributed by atoms with E-state index in [1.165, 1.54) is 4.57 Å². The number of oxazole rings is 1. The number of hydrogen-bond acceptors (Lipinski definition) is 6. The van der Waals surface area contributed by atoms with Gasteiger partial charge in [0, 0.05) is 31.5 Å². The van der Waals surface area contributed by atoms with Gasteiger partial charge in [-0.15, -0.1) is 0 Å². The maximum absolute atomic E-state index is 12.6. The topological polar surface area (TPSA) is 102 Å². The summed E-state index contributed by atoms with van der Waals surface area (Å²) in [6.07, 6.45) is -0.123. The average Bonchev–Trinajstić information content (AvgIpc) is 3.27. The van der Waals surface area contributed by atoms with E-state index in [4.69, 9.17) is 8.94 Å². The molecule has 0 spiro atoms. The number of nitrogens with zero attached hydrogens (tertiary/aromatic N) is 3. The minimum Gasteiger partial charge on any atom is -0.408 e. The highest BCUT2D eigenvalue weighted by atomic mass is 16.5. The number of amides is 1. The van der Waals surface area contributed by atoms with E-state index in [0.717, 1.165) is 5.69 Å². The number of carbonyl (C=O) groups is 1. The van der Waals surface area contributed by atoms with Crippen molar-refractivity contribution in [1.82, 2.24) is 14.6 Å². The van der Waals surface area contributed by atoms with Crippen molar-refractivity contribution in [1.29, 1.82) is 0 Å². The van der Waals surface area contributed by atoms with Crippen LogP contribution in [0.5, 0.6) is 0 Å². The Hall–Kier alpha value is -2.87. The molecule has 1 fully saturated rings. The molecule has 8 heteroatoms. The predicted molar refractivity (Wildman–Crippen MR) is 91.5 cm³/mol. The highest BCUT2D eigenvalue weighted by Crippen LogP contribution is 2.22. The van der Waals surface area contributed by atoms with Crippen LogP contribution < -0.4 is 5.76 Å². The average molecular weight is 357 g/mol. The van der Waals surface area contributed by atoms with Crippen molar-refractivity contribution in [3.8, 4) is 0 Å². The van der Waals surface area contributed by atoms with Crippen molar-refractivity contribution in [2.24, 2.45) is 5.92 Å². The molecule has 1 amide bonds. The Bertz CT molecular complexity index is 1000. The molecular weight excluding hydrogens is 338 g/mol. The van der Waals surface area contributed by atoms with Crippen LogP contribution in [0.15, 0.2) is 44.1 Å². The summed E-state index contributed by atoms with van der Waals surface area (Å²) in [5, 5.41) is 14.1. The van der Waals surface area contributed by atoms with Crippen molar-refractivity contribution in [3.63, 3.8) is 0 Å². The number of hydrogen-bond donors (Lipinski definition) is 1. The number of rotatable bonds is 4. The Morgan fingerprint density at radius 2 is 2.15 bits per heavy atom. The number of benzene rings is 1. The van der Waals surface area contributed by atoms with Crippen molar-refractivity contribution < 1.29 is 18.8 Å². The first kappa shape index (κ1) is 16.6. The van der Waals surface area contributed by atoms with Gasteiger partial charge in [0.1, 0.15) is 12.3 Å². The van der Waals surface area contributed by atoms with Crippen LogP contribution >= 0.6 is 0 Å². The number of aryl methyl sites for hydroxylation is 1. The van der Waals surface area contributed by atoms with E-state index in [2.05, 4.69) is 5.16 Å². The molecule has 1 saturated heterocycles. The van der Waals surface area contributed by atoms with Crippen LogP contribution in [-0.4, -0.2) is 44.8 Å². The number of β-amino-alcohol motifs (C(OH)–C–C–N with tert-alkyl or cyclic N) is 1. The van der Waals surface area contributed by atoms with Gasteiger partial charge in [-0.25, -0.2) is 4.79 Å². The Kier molecular flexibility index (Phi) is 4.12. The van der Waals surface area contributed by atoms with Crippen LogP contribution in [0.4, 0.5) is 0 Å². The standard InChI is InChI=1S/C18H19N3O5/c1-11-6-13(26-19-11)7-12-8-20(9-15(12)22)17(23)10-21-14-4-2-3-5-16(14)25-18(21)24/h2-6,12,15,22H,7-10H2,1H3/t12-,15-/m1/s1. The molecule has 0 radical (unpaired) electrons. The summed E-state index contributed by atoms with van der Waals surface area (Å²) in [5.41, 5.74) is 1.82. The number of carbonyl (C=O) groups excluding carboxylic acids is 1. The first-order valence-corrected chi connectivity index (χ1v) is 8.47. The van der Waals surface area contributed by atoms with Gasteiger partial charge in [-0.2, -0.15) is 0 Å². The zero-order chi connectivity index (χ0) is 18.3. The molecule has 3 heterocycles. The van der Waals surface area contributed by atoms with Crippen LogP contribution in [0.25, 0.3) is 11.1 Å². The second-order valence-corrected chi connectivity index (χ2v) is 6.69. The van der Waals surface area contributed by atoms with E-state index >= 15 is 0 Å². The Labute approximate surface area is 148 Å². The summed E-state index contributed by atoms with van der Waals surface area (Å²) < 4.78 is 11.7. The SMILES string of the molecule is Cc1cc(C[C@@H]2CN(C(=O)Cn3c(=O)oc4ccccc43)C[C@H]2O)on1. The Morgan fingerprint density at radius 1 is 1.35 bits per heavy atom. The molecule has 0 aliphatic carbocycles. The normalized spacial score (nSPS) is 20.2. The molecule has 0 unspecified atom stereocenters. The number of aliphatic hydroxyl groups excluding tert-OH is 1. The largest absolute Gasteiger partial charge is 0.420 e. The summed E-state index contributed by atoms with van der Waals surface area (Å²) in [6, 6.07) is 8.81. The molecule has 2 atom stereocenters. The van der Waals surface area contributed by atoms with Gasteiger partial charge in [0.25, 0.3) is 0 Å². The smallest absolute Gasteiger partial charge is 0.408 e. The molecule has 1 aromatic carbocycles. The monoisotopic (exact) mass is 357 g/mol. The molecule has 1 N–H and O–H groups in total. The van der Waals surface area contributed by atoms with Crippen molar-refractivity contribution in [2.45, 2.75) is 26.0 Å². The lowest BCUT2D eigenvalue weighted by molar-refractivity contribution is -0.131. The number of aliphatic hydroxyl groups is 1. The van der Waals surface area contributed by atoms with Crippen LogP contribution in [0.2, 0.25) is 0 Å². The summed E-state index contributed by atoms with van der Waals surface area (Å²) in [4.78, 5) is 26.2. The van der Waals surface area contributed by atoms with Gasteiger partial charge in [0.2, 0.25) is 5.91 Å². The molecule has 4 rings (SSSR count). The van der Waals surface area contributed by atoms with Crippen LogP contribution in [0.3, 0.4) is 0 Å². The lowest BCUT2D eigenvalue weighted by Gasteiger charge is -2.16. The first-order chi connectivity index (χ1) is 12.5. The van der Waals surface area contributed by atoms with Gasteiger partial charge >= 0.3 is 5.76 Å². The number of para-hydroxylation sites is 2. The van der Waals surface area contributed by atoms with Crippen molar-refractivity contribution in [2.75, 3.05) is 13.1 Å². The second-order valence-electron chi connectivity index (χ2n) is 6.69. The van der Waals surface area contributed by atoms with Gasteiger partial charge in [-0.1, -0.05) is 17.3 Å². The zero-order valence-electron chi connectivity index (χ0n) is 14.3. The fourth-order valence-corrected chi connectivity index (χ4v) is 3.43. The Morgan fingerprint density at radius 3 is 2.92 bits per heavy atom. The third kappa shape index (κ3) is 3.03. The quantitative estimate of drug-likeness (QED) is 0.746. The highest BCUT2D eigenvalue weighted by Gasteiger charge is 2.35. The molecular formula is C18H19N3O5. The molecule has 26 heavy (non-hydrogen) atoms. The van der Waals surface area contributed by atoms with Crippen molar-refractivity contribution >= 4 is 17.0 Å². The predicted octanol–water partition coefficient (Wildman–Crippen LogP) is 0.953. The van der Waals surface area contributed by atoms with E-state index in [9.17, 15) is 14.7 Å². The number of fused-ring (bicyclic) bond motifs is 1. The van der Waals surface area contributed by atoms with E-state index < -0.39 is 11.9 Å². The summed E-state index contributed by atoms with van der Waals surface area (Å²) in [7, 11) is 0. The van der Waals surface area contributed by atoms with Gasteiger partial charge in [0.05, 0.1) is 17.3 Å². The summed E-state index contributed by atoms with van der Waals surface area (Å²) in [6.45, 7) is 2.36. The van der Waals surface area contributed by atoms with E-state index in [1.807, 2.05) is 13.0 Å². The fourth-order valence-electron chi connectivity index (χ4n) is 3.43. The molecule has 8 nitrogen and oxygen atoms in total. The molecule has 1 aliphatic rings. The fraction of sp³-hybridized carbons (Fsp3) is 0.389. The third-order valence-electron chi connectivity index (χ3n) is 4.77. The van der Waals surface area contributed by atoms with Crippen LogP contribution in [0.1, 0.15) is 11.5 Å². The molecule has 136 valence electrons. The zero-order valence-corrected chi connectivity index (χ0v) is 14.3. The van der Waals surface area contributed by atoms with E-state index in [0.29, 0.717) is 29.8 Å². The lowest BCUT2D eigenvalue weighted by Crippen LogP contribution is -2.34. The van der Waals surface area contributed by atoms with E-state index in [1.54, 1.807) is 29.2 Å². The minimum absolute atomic E-state index is 0.114. The van der Waals surface area contributed by atoms with Crippen LogP contribution in [0, 0.1) is 12.8 Å². The molecule has 0 bridgehead atoms. The third-order valence-corrected chi connectivity index (χ3v) is 4.77. The number of likely N-dealkylation sites (tertiary alicyclic amines) is 1. The minimum atomic E-state index is -0.637. The van der Waals surface area contributed by atoms with Crippen molar-refractivity contribution in [3.05, 3.63) is 52.3 Å². The molecule has 3 aromatic rings. The Balaban J connectivity index is 1.47. The second kappa shape index (κ2) is 6.45. The maximum Gasteiger partial charge on any atom is 0.420 e. The highest BCUT2D eigenvalue weighted by molar-refractivity contribution is 5.79. The van der Waals surface area contributed by atoms with Crippen LogP contribution in [-0.2, 0) is 17.8 Å². The van der Waals surface area contributed by atoms with Gasteiger partial charge in [0.15, 0.2) is 5.58 Å². The first-order valence-electron chi connectivity index (χ1n) is 8.47. The van der Waals surface area contributed by atoms with Gasteiger partial charge in [-0.3, -0.25) is 9.36 Å². The van der Waals surface area contributed by atoms with E-state index in [-0.39, 0.29) is 24.9 Å².